The van der Waals surface area contributed by atoms with Crippen LogP contribution >= 0.6 is 11.8 Å². The van der Waals surface area contributed by atoms with Crippen LogP contribution in [0, 0.1) is 6.92 Å². The Bertz CT molecular complexity index is 1320. The van der Waals surface area contributed by atoms with Crippen LogP contribution in [0.5, 0.6) is 0 Å². The van der Waals surface area contributed by atoms with Gasteiger partial charge >= 0.3 is 11.8 Å². The van der Waals surface area contributed by atoms with Gasteiger partial charge in [0.1, 0.15) is 11.3 Å². The minimum Gasteiger partial charge on any atom is -0.477 e. The van der Waals surface area contributed by atoms with E-state index in [9.17, 15) is 19.5 Å². The molecule has 1 N–H and O–H groups in total. The van der Waals surface area contributed by atoms with Gasteiger partial charge in [-0.2, -0.15) is 0 Å². The summed E-state index contributed by atoms with van der Waals surface area (Å²) < 4.78 is 12.0. The Hall–Kier alpha value is -2.98. The number of pyridine rings is 1. The zero-order chi connectivity index (χ0) is 21.9. The summed E-state index contributed by atoms with van der Waals surface area (Å²) in [6, 6.07) is 5.60. The van der Waals surface area contributed by atoms with E-state index in [4.69, 9.17) is 8.83 Å². The number of carboxylic acids is 1. The van der Waals surface area contributed by atoms with Crippen molar-refractivity contribution in [3.05, 3.63) is 56.1 Å². The lowest BCUT2D eigenvalue weighted by molar-refractivity contribution is 0.0689. The van der Waals surface area contributed by atoms with E-state index >= 15 is 0 Å². The second kappa shape index (κ2) is 7.31. The summed E-state index contributed by atoms with van der Waals surface area (Å²) in [6.45, 7) is 7.37. The number of piperazine rings is 1. The fraction of sp³-hybridized carbons (Fsp3) is 0.381. The summed E-state index contributed by atoms with van der Waals surface area (Å²) in [5.74, 6) is -0.784. The first-order valence-electron chi connectivity index (χ1n) is 10.0. The minimum atomic E-state index is -1.18. The largest absolute Gasteiger partial charge is 0.519 e. The molecule has 0 saturated carbocycles. The smallest absolute Gasteiger partial charge is 0.477 e. The number of benzene rings is 1. The van der Waals surface area contributed by atoms with E-state index in [-0.39, 0.29) is 10.9 Å². The monoisotopic (exact) mass is 443 g/mol. The molecule has 1 aromatic carbocycles. The van der Waals surface area contributed by atoms with Crippen molar-refractivity contribution in [1.29, 1.82) is 0 Å². The molecule has 1 fully saturated rings. The van der Waals surface area contributed by atoms with Gasteiger partial charge in [0.05, 0.1) is 22.5 Å². The van der Waals surface area contributed by atoms with Crippen molar-refractivity contribution in [2.24, 2.45) is 0 Å². The minimum absolute atomic E-state index is 0.0798. The van der Waals surface area contributed by atoms with E-state index < -0.39 is 17.2 Å². The Balaban J connectivity index is 1.40. The normalized spacial score (nSPS) is 18.8. The number of anilines is 1. The maximum atomic E-state index is 12.8. The number of fused-ring (bicyclic) bond motifs is 3. The summed E-state index contributed by atoms with van der Waals surface area (Å²) >= 11 is 1.41. The van der Waals surface area contributed by atoms with Crippen LogP contribution in [0.4, 0.5) is 5.69 Å². The number of nitrogens with zero attached hydrogens (tertiary/aromatic N) is 3. The first-order valence-corrected chi connectivity index (χ1v) is 10.9. The van der Waals surface area contributed by atoms with Gasteiger partial charge in [0.15, 0.2) is 5.76 Å². The van der Waals surface area contributed by atoms with E-state index in [1.54, 1.807) is 13.0 Å². The summed E-state index contributed by atoms with van der Waals surface area (Å²) in [4.78, 5) is 40.0. The van der Waals surface area contributed by atoms with Gasteiger partial charge in [0.2, 0.25) is 5.43 Å². The van der Waals surface area contributed by atoms with Crippen LogP contribution in [-0.2, 0) is 6.54 Å². The van der Waals surface area contributed by atoms with Crippen molar-refractivity contribution in [3.63, 3.8) is 0 Å². The Morgan fingerprint density at radius 1 is 1.19 bits per heavy atom. The van der Waals surface area contributed by atoms with Crippen molar-refractivity contribution in [2.45, 2.75) is 30.8 Å². The summed E-state index contributed by atoms with van der Waals surface area (Å²) in [5.41, 5.74) is 1.20. The van der Waals surface area contributed by atoms with Crippen LogP contribution in [0.3, 0.4) is 0 Å². The third kappa shape index (κ3) is 3.26. The Morgan fingerprint density at radius 3 is 2.55 bits per heavy atom. The molecule has 162 valence electrons. The van der Waals surface area contributed by atoms with Gasteiger partial charge in [-0.3, -0.25) is 9.69 Å². The second-order valence-corrected chi connectivity index (χ2v) is 9.10. The van der Waals surface area contributed by atoms with Crippen molar-refractivity contribution in [2.75, 3.05) is 31.1 Å². The van der Waals surface area contributed by atoms with E-state index in [1.807, 2.05) is 23.6 Å². The molecular weight excluding hydrogens is 422 g/mol. The highest BCUT2D eigenvalue weighted by Crippen LogP contribution is 2.46. The number of hydrogen-bond donors (Lipinski definition) is 1. The maximum Gasteiger partial charge on any atom is 0.519 e. The zero-order valence-electron chi connectivity index (χ0n) is 17.1. The SMILES string of the molecule is Cc1oc(=O)oc1CN1CCN(c2ccc3c(=O)c(C(=O)O)c4n(c3c2)C(C)S4)CC1. The predicted octanol–water partition coefficient (Wildman–Crippen LogP) is 2.50. The highest BCUT2D eigenvalue weighted by molar-refractivity contribution is 8.00. The second-order valence-electron chi connectivity index (χ2n) is 7.80. The van der Waals surface area contributed by atoms with E-state index in [2.05, 4.69) is 9.80 Å². The first kappa shape index (κ1) is 20.0. The van der Waals surface area contributed by atoms with Gasteiger partial charge in [0.25, 0.3) is 0 Å². The average Bonchev–Trinajstić information content (AvgIpc) is 3.04. The molecule has 0 spiro atoms. The van der Waals surface area contributed by atoms with Crippen LogP contribution in [0.2, 0.25) is 0 Å². The molecule has 3 aromatic rings. The van der Waals surface area contributed by atoms with E-state index in [1.165, 1.54) is 11.8 Å². The van der Waals surface area contributed by atoms with Gasteiger partial charge in [0, 0.05) is 37.3 Å². The zero-order valence-corrected chi connectivity index (χ0v) is 17.9. The number of carboxylic acid groups (broad SMARTS) is 1. The molecule has 0 amide bonds. The number of aromatic carboxylic acids is 1. The lowest BCUT2D eigenvalue weighted by Gasteiger charge is -2.36. The fourth-order valence-electron chi connectivity index (χ4n) is 4.29. The molecule has 4 heterocycles. The number of aryl methyl sites for hydroxylation is 1. The van der Waals surface area contributed by atoms with E-state index in [0.29, 0.717) is 28.5 Å². The van der Waals surface area contributed by atoms with Crippen LogP contribution in [-0.4, -0.2) is 46.7 Å². The van der Waals surface area contributed by atoms with Gasteiger partial charge in [-0.05, 0) is 32.0 Å². The molecule has 10 heteroatoms. The van der Waals surface area contributed by atoms with Crippen molar-refractivity contribution in [3.8, 4) is 0 Å². The van der Waals surface area contributed by atoms with Crippen molar-refractivity contribution >= 4 is 34.3 Å². The first-order chi connectivity index (χ1) is 14.8. The molecule has 2 aromatic heterocycles. The average molecular weight is 443 g/mol. The van der Waals surface area contributed by atoms with Gasteiger partial charge in [-0.15, -0.1) is 0 Å². The summed E-state index contributed by atoms with van der Waals surface area (Å²) in [5, 5.41) is 10.5. The van der Waals surface area contributed by atoms with E-state index in [0.717, 1.165) is 37.4 Å². The topological polar surface area (TPSA) is 109 Å². The van der Waals surface area contributed by atoms with Crippen LogP contribution in [0.25, 0.3) is 10.9 Å². The quantitative estimate of drug-likeness (QED) is 0.650. The Labute approximate surface area is 180 Å². The van der Waals surface area contributed by atoms with Crippen LogP contribution in [0.1, 0.15) is 34.2 Å². The molecule has 2 aliphatic heterocycles. The lowest BCUT2D eigenvalue weighted by atomic mass is 10.1. The lowest BCUT2D eigenvalue weighted by Crippen LogP contribution is -2.46. The highest BCUT2D eigenvalue weighted by atomic mass is 32.2. The molecule has 31 heavy (non-hydrogen) atoms. The van der Waals surface area contributed by atoms with Crippen LogP contribution < -0.4 is 16.2 Å². The number of aromatic nitrogens is 1. The number of rotatable bonds is 4. The van der Waals surface area contributed by atoms with Gasteiger partial charge in [-0.1, -0.05) is 11.8 Å². The summed E-state index contributed by atoms with van der Waals surface area (Å²) in [7, 11) is 0. The molecule has 1 atom stereocenters. The van der Waals surface area contributed by atoms with Gasteiger partial charge in [-0.25, -0.2) is 9.59 Å². The highest BCUT2D eigenvalue weighted by Gasteiger charge is 2.32. The Kier molecular flexibility index (Phi) is 4.71. The standard InChI is InChI=1S/C21H21N3O6S/c1-11-16(30-21(28)29-11)10-22-5-7-23(8-6-22)13-3-4-14-15(9-13)24-12(2)31-19(24)17(18(14)25)20(26)27/h3-4,9,12H,5-8,10H2,1-2H3,(H,26,27). The molecular formula is C21H21N3O6S. The van der Waals surface area contributed by atoms with Crippen molar-refractivity contribution < 1.29 is 18.7 Å². The molecule has 5 rings (SSSR count). The molecule has 0 aliphatic carbocycles. The maximum absolute atomic E-state index is 12.8. The van der Waals surface area contributed by atoms with Crippen LogP contribution in [0.15, 0.2) is 41.6 Å². The number of hydrogen-bond acceptors (Lipinski definition) is 8. The molecule has 1 unspecified atom stereocenters. The molecule has 1 saturated heterocycles. The number of carbonyl (C=O) groups is 1. The molecule has 0 bridgehead atoms. The number of thioether (sulfide) groups is 1. The third-order valence-corrected chi connectivity index (χ3v) is 7.12. The third-order valence-electron chi connectivity index (χ3n) is 5.95. The predicted molar refractivity (Wildman–Crippen MR) is 115 cm³/mol. The summed E-state index contributed by atoms with van der Waals surface area (Å²) in [6.07, 6.45) is 0. The fourth-order valence-corrected chi connectivity index (χ4v) is 5.44. The molecule has 2 aliphatic rings. The Morgan fingerprint density at radius 2 is 1.94 bits per heavy atom. The van der Waals surface area contributed by atoms with Gasteiger partial charge < -0.3 is 23.4 Å². The molecule has 0 radical (unpaired) electrons. The molecule has 9 nitrogen and oxygen atoms in total. The van der Waals surface area contributed by atoms with Crippen molar-refractivity contribution in [1.82, 2.24) is 9.47 Å².